The molecule has 0 unspecified atom stereocenters. The average Bonchev–Trinajstić information content (AvgIpc) is 3.22. The Hall–Kier alpha value is -7.65. The van der Waals surface area contributed by atoms with Crippen molar-refractivity contribution < 1.29 is 73.6 Å². The van der Waals surface area contributed by atoms with Gasteiger partial charge in [0, 0.05) is 86.1 Å². The Labute approximate surface area is 364 Å². The van der Waals surface area contributed by atoms with E-state index in [1.165, 1.54) is 24.3 Å². The average molecular weight is 931 g/mol. The van der Waals surface area contributed by atoms with Gasteiger partial charge in [-0.05, 0) is 35.0 Å². The van der Waals surface area contributed by atoms with E-state index in [4.69, 9.17) is 0 Å². The Morgan fingerprint density at radius 3 is 1.08 bits per heavy atom. The van der Waals surface area contributed by atoms with Crippen LogP contribution in [-0.4, -0.2) is 56.2 Å². The predicted molar refractivity (Wildman–Crippen MR) is 224 cm³/mol. The summed E-state index contributed by atoms with van der Waals surface area (Å²) in [6, 6.07) is 28.3. The van der Waals surface area contributed by atoms with Gasteiger partial charge in [-0.3, -0.25) is 29.3 Å². The van der Waals surface area contributed by atoms with E-state index >= 15 is 0 Å². The summed E-state index contributed by atoms with van der Waals surface area (Å²) in [4.78, 5) is 19.3. The fraction of sp³-hybridized carbons (Fsp3) is 0. The van der Waals surface area contributed by atoms with Gasteiger partial charge in [-0.15, -0.1) is 20.5 Å². The summed E-state index contributed by atoms with van der Waals surface area (Å²) >= 11 is 0. The van der Waals surface area contributed by atoms with Gasteiger partial charge >= 0.3 is 0 Å². The molecule has 0 fully saturated rings. The van der Waals surface area contributed by atoms with Crippen molar-refractivity contribution in [3.05, 3.63) is 142 Å². The minimum atomic E-state index is -4.81. The van der Waals surface area contributed by atoms with E-state index in [1.807, 2.05) is 0 Å². The van der Waals surface area contributed by atoms with E-state index in [1.54, 1.807) is 60.7 Å². The van der Waals surface area contributed by atoms with Crippen molar-refractivity contribution in [3.63, 3.8) is 0 Å². The number of hydrogen-bond donors (Lipinski definition) is 6. The zero-order valence-electron chi connectivity index (χ0n) is 31.4. The van der Waals surface area contributed by atoms with Crippen molar-refractivity contribution in [1.29, 1.82) is 0 Å². The van der Waals surface area contributed by atoms with E-state index in [9.17, 15) is 66.6 Å². The fourth-order valence-corrected chi connectivity index (χ4v) is 7.88. The third-order valence-corrected chi connectivity index (χ3v) is 11.1. The Bertz CT molecular complexity index is 3270. The topological polar surface area (TPSA) is 325 Å². The van der Waals surface area contributed by atoms with Crippen LogP contribution in [0, 0.1) is 20.2 Å². The largest absolute Gasteiger partial charge is 0.506 e. The first-order valence-corrected chi connectivity index (χ1v) is 20.3. The second-order valence-electron chi connectivity index (χ2n) is 13.1. The maximum absolute atomic E-state index is 11.7. The smallest absolute Gasteiger partial charge is 0.295 e. The molecule has 0 saturated heterocycles. The summed E-state index contributed by atoms with van der Waals surface area (Å²) in [7, 11) is -9.62. The van der Waals surface area contributed by atoms with Crippen LogP contribution in [0.1, 0.15) is 0 Å². The molecule has 0 atom stereocenters. The maximum atomic E-state index is 11.7. The van der Waals surface area contributed by atoms with Gasteiger partial charge in [0.05, 0.1) is 9.85 Å². The van der Waals surface area contributed by atoms with Crippen LogP contribution in [0.15, 0.2) is 152 Å². The first-order valence-electron chi connectivity index (χ1n) is 17.4. The first kappa shape index (κ1) is 44.9. The molecule has 8 aromatic carbocycles. The summed E-state index contributed by atoms with van der Waals surface area (Å²) in [5.41, 5.74) is -0.984. The standard InChI is InChI=1S/2C20H13N3O7S.Cr/c2*24-16-8-5-11-3-1-2-4-13(11)19(16)21-22-20-14-7-6-12(23(26)27)9-15(14)18(10-17(20)25)31(28,29)30;/h2*1-10,24-25H,(H,28,29,30);. The molecule has 6 N–H and O–H groups in total. The summed E-state index contributed by atoms with van der Waals surface area (Å²) in [6.07, 6.45) is 0. The van der Waals surface area contributed by atoms with Crippen LogP contribution in [-0.2, 0) is 37.6 Å². The third-order valence-electron chi connectivity index (χ3n) is 9.30. The van der Waals surface area contributed by atoms with Gasteiger partial charge in [0.25, 0.3) is 31.6 Å². The number of fused-ring (bicyclic) bond motifs is 4. The molecule has 0 amide bonds. The van der Waals surface area contributed by atoms with E-state index in [0.29, 0.717) is 10.8 Å². The van der Waals surface area contributed by atoms with Gasteiger partial charge in [0.1, 0.15) is 55.5 Å². The number of hydrogen-bond acceptors (Lipinski definition) is 16. The van der Waals surface area contributed by atoms with E-state index in [0.717, 1.165) is 47.2 Å². The van der Waals surface area contributed by atoms with Crippen LogP contribution in [0.3, 0.4) is 0 Å². The number of rotatable bonds is 8. The quantitative estimate of drug-likeness (QED) is 0.0357. The summed E-state index contributed by atoms with van der Waals surface area (Å²) < 4.78 is 66.0. The summed E-state index contributed by atoms with van der Waals surface area (Å²) in [5, 5.41) is 81.7. The fourth-order valence-electron chi connectivity index (χ4n) is 6.46. The zero-order valence-corrected chi connectivity index (χ0v) is 34.3. The summed E-state index contributed by atoms with van der Waals surface area (Å²) in [6.45, 7) is 0. The molecule has 0 heterocycles. The van der Waals surface area contributed by atoms with Crippen LogP contribution in [0.2, 0.25) is 0 Å². The van der Waals surface area contributed by atoms with Crippen LogP contribution in [0.25, 0.3) is 43.1 Å². The zero-order chi connectivity index (χ0) is 44.7. The number of nitro groups is 2. The monoisotopic (exact) mass is 930 g/mol. The normalized spacial score (nSPS) is 11.8. The number of azo groups is 2. The minimum Gasteiger partial charge on any atom is -0.506 e. The SMILES string of the molecule is O=[N+]([O-])c1ccc2c(N=Nc3c(O)ccc4ccccc34)c(O)cc(S(=O)(=O)O)c2c1.O=[N+]([O-])c1ccc2c(N=Nc3c(O)ccc4ccccc34)c(O)cc(S(=O)(=O)O)c2c1.[Cr]. The number of nitrogens with zero attached hydrogens (tertiary/aromatic N) is 6. The van der Waals surface area contributed by atoms with Crippen LogP contribution < -0.4 is 0 Å². The van der Waals surface area contributed by atoms with E-state index in [2.05, 4.69) is 20.5 Å². The third kappa shape index (κ3) is 9.04. The van der Waals surface area contributed by atoms with Crippen molar-refractivity contribution in [2.45, 2.75) is 9.79 Å². The minimum absolute atomic E-state index is 0. The van der Waals surface area contributed by atoms with E-state index < -0.39 is 62.7 Å². The molecule has 0 aliphatic heterocycles. The van der Waals surface area contributed by atoms with Gasteiger partial charge in [0.15, 0.2) is 0 Å². The summed E-state index contributed by atoms with van der Waals surface area (Å²) in [5.74, 6) is -1.59. The van der Waals surface area contributed by atoms with Gasteiger partial charge < -0.3 is 20.4 Å². The second-order valence-corrected chi connectivity index (χ2v) is 15.9. The van der Waals surface area contributed by atoms with Gasteiger partial charge in [-0.1, -0.05) is 60.7 Å². The first-order chi connectivity index (χ1) is 29.3. The Balaban J connectivity index is 0.000000206. The molecule has 0 aliphatic rings. The maximum Gasteiger partial charge on any atom is 0.295 e. The van der Waals surface area contributed by atoms with Crippen LogP contribution in [0.4, 0.5) is 34.1 Å². The number of aromatic hydroxyl groups is 4. The number of phenols is 4. The molecular formula is C40H26CrN6O14S2. The molecule has 8 rings (SSSR count). The number of non-ortho nitro benzene ring substituents is 2. The molecule has 0 saturated carbocycles. The predicted octanol–water partition coefficient (Wildman–Crippen LogP) is 9.95. The molecular weight excluding hydrogens is 905 g/mol. The molecule has 23 heteroatoms. The van der Waals surface area contributed by atoms with Crippen molar-refractivity contribution in [2.24, 2.45) is 20.5 Å². The number of benzene rings is 8. The van der Waals surface area contributed by atoms with Gasteiger partial charge in [-0.2, -0.15) is 16.8 Å². The number of phenolic OH excluding ortho intramolecular Hbond substituents is 4. The Kier molecular flexibility index (Phi) is 12.4. The molecule has 318 valence electrons. The van der Waals surface area contributed by atoms with Crippen molar-refractivity contribution in [1.82, 2.24) is 0 Å². The van der Waals surface area contributed by atoms with Crippen LogP contribution >= 0.6 is 0 Å². The molecule has 63 heavy (non-hydrogen) atoms. The molecule has 0 bridgehead atoms. The van der Waals surface area contributed by atoms with Crippen molar-refractivity contribution in [2.75, 3.05) is 0 Å². The van der Waals surface area contributed by atoms with E-state index in [-0.39, 0.29) is 73.2 Å². The van der Waals surface area contributed by atoms with Crippen molar-refractivity contribution >= 4 is 97.5 Å². The van der Waals surface area contributed by atoms with Crippen LogP contribution in [0.5, 0.6) is 23.0 Å². The van der Waals surface area contributed by atoms with Crippen molar-refractivity contribution in [3.8, 4) is 23.0 Å². The molecule has 0 aliphatic carbocycles. The Morgan fingerprint density at radius 1 is 0.413 bits per heavy atom. The molecule has 20 nitrogen and oxygen atoms in total. The van der Waals surface area contributed by atoms with Gasteiger partial charge in [-0.25, -0.2) is 0 Å². The Morgan fingerprint density at radius 2 is 0.746 bits per heavy atom. The van der Waals surface area contributed by atoms with Gasteiger partial charge in [0.2, 0.25) is 0 Å². The molecule has 8 aromatic rings. The molecule has 0 spiro atoms. The second kappa shape index (κ2) is 17.4. The number of nitro benzene ring substituents is 2. The molecule has 0 aromatic heterocycles. The molecule has 0 radical (unpaired) electrons.